The van der Waals surface area contributed by atoms with Crippen LogP contribution in [0.25, 0.3) is 0 Å². The second-order valence-electron chi connectivity index (χ2n) is 6.70. The van der Waals surface area contributed by atoms with Crippen LogP contribution in [0.2, 0.25) is 0 Å². The monoisotopic (exact) mass is 465 g/mol. The molecule has 1 aromatic heterocycles. The first-order valence-corrected chi connectivity index (χ1v) is 11.4. The van der Waals surface area contributed by atoms with Gasteiger partial charge < -0.3 is 14.2 Å². The van der Waals surface area contributed by atoms with Crippen molar-refractivity contribution < 1.29 is 31.0 Å². The topological polar surface area (TPSA) is 66.7 Å². The molecular formula is C18H19F4N3O3S2. The molecule has 1 unspecified atom stereocenters. The number of hydrogen-bond donors (Lipinski definition) is 0. The summed E-state index contributed by atoms with van der Waals surface area (Å²) in [4.78, 5) is 20.0. The molecule has 6 nitrogen and oxygen atoms in total. The highest BCUT2D eigenvalue weighted by Crippen LogP contribution is 2.34. The molecule has 1 atom stereocenters. The third-order valence-electron chi connectivity index (χ3n) is 4.49. The number of nitrogens with zero attached hydrogens (tertiary/aromatic N) is 3. The molecule has 0 N–H and O–H groups in total. The molecule has 3 rings (SSSR count). The molecule has 164 valence electrons. The fourth-order valence-corrected chi connectivity index (χ4v) is 4.21. The minimum atomic E-state index is -4.32. The molecule has 2 heterocycles. The van der Waals surface area contributed by atoms with E-state index in [4.69, 9.17) is 4.42 Å². The summed E-state index contributed by atoms with van der Waals surface area (Å²) in [6, 6.07) is 2.66. The SMILES string of the molecule is Cc1cc(F)c(N2CCN(C(=O)c3coc(S(C)=O)n3)CC2)cc1SCC(F)(F)F. The zero-order chi connectivity index (χ0) is 22.1. The first-order chi connectivity index (χ1) is 14.0. The molecule has 1 aromatic carbocycles. The van der Waals surface area contributed by atoms with Gasteiger partial charge in [-0.1, -0.05) is 0 Å². The number of piperazine rings is 1. The Hall–Kier alpha value is -2.08. The second kappa shape index (κ2) is 8.96. The predicted molar refractivity (Wildman–Crippen MR) is 105 cm³/mol. The summed E-state index contributed by atoms with van der Waals surface area (Å²) < 4.78 is 68.5. The van der Waals surface area contributed by atoms with Gasteiger partial charge in [-0.05, 0) is 24.6 Å². The van der Waals surface area contributed by atoms with Crippen molar-refractivity contribution in [2.75, 3.05) is 43.1 Å². The Morgan fingerprint density at radius 3 is 2.50 bits per heavy atom. The van der Waals surface area contributed by atoms with Gasteiger partial charge in [0.2, 0.25) is 0 Å². The minimum absolute atomic E-state index is 0.0393. The van der Waals surface area contributed by atoms with Crippen molar-refractivity contribution in [3.8, 4) is 0 Å². The van der Waals surface area contributed by atoms with Gasteiger partial charge in [0.15, 0.2) is 5.69 Å². The normalized spacial score (nSPS) is 16.1. The fourth-order valence-electron chi connectivity index (χ4n) is 3.00. The van der Waals surface area contributed by atoms with Crippen LogP contribution in [0.1, 0.15) is 16.1 Å². The third-order valence-corrected chi connectivity index (χ3v) is 6.39. The lowest BCUT2D eigenvalue weighted by molar-refractivity contribution is -0.105. The Morgan fingerprint density at radius 2 is 1.93 bits per heavy atom. The van der Waals surface area contributed by atoms with Gasteiger partial charge in [0.05, 0.1) is 11.4 Å². The maximum atomic E-state index is 14.5. The summed E-state index contributed by atoms with van der Waals surface area (Å²) >= 11 is 0.622. The van der Waals surface area contributed by atoms with E-state index < -0.39 is 28.5 Å². The molecule has 1 saturated heterocycles. The average molecular weight is 465 g/mol. The number of thioether (sulfide) groups is 1. The van der Waals surface area contributed by atoms with Gasteiger partial charge in [0, 0.05) is 37.3 Å². The van der Waals surface area contributed by atoms with E-state index in [0.717, 1.165) is 6.26 Å². The van der Waals surface area contributed by atoms with Crippen molar-refractivity contribution >= 4 is 34.2 Å². The Bertz CT molecular complexity index is 957. The van der Waals surface area contributed by atoms with Crippen LogP contribution in [0.5, 0.6) is 0 Å². The highest BCUT2D eigenvalue weighted by Gasteiger charge is 2.29. The number of carbonyl (C=O) groups is 1. The number of halogens is 4. The lowest BCUT2D eigenvalue weighted by Crippen LogP contribution is -2.49. The molecule has 2 aromatic rings. The standard InChI is InChI=1S/C18H19F4N3O3S2/c1-11-7-12(19)14(8-15(11)29-10-18(20,21)22)24-3-5-25(6-4-24)16(26)13-9-28-17(23-13)30(2)27/h7-9H,3-6,10H2,1-2H3. The van der Waals surface area contributed by atoms with E-state index in [1.165, 1.54) is 23.3 Å². The van der Waals surface area contributed by atoms with Gasteiger partial charge in [-0.2, -0.15) is 18.2 Å². The molecule has 1 amide bonds. The van der Waals surface area contributed by atoms with E-state index >= 15 is 0 Å². The first kappa shape index (κ1) is 22.6. The molecule has 12 heteroatoms. The predicted octanol–water partition coefficient (Wildman–Crippen LogP) is 3.48. The molecule has 1 fully saturated rings. The highest BCUT2D eigenvalue weighted by molar-refractivity contribution is 7.99. The van der Waals surface area contributed by atoms with E-state index in [1.54, 1.807) is 11.8 Å². The van der Waals surface area contributed by atoms with Crippen LogP contribution >= 0.6 is 11.8 Å². The maximum absolute atomic E-state index is 14.5. The van der Waals surface area contributed by atoms with Crippen molar-refractivity contribution in [3.05, 3.63) is 35.5 Å². The first-order valence-electron chi connectivity index (χ1n) is 8.88. The number of carbonyl (C=O) groups excluding carboxylic acids is 1. The highest BCUT2D eigenvalue weighted by atomic mass is 32.2. The van der Waals surface area contributed by atoms with Gasteiger partial charge in [-0.25, -0.2) is 8.60 Å². The fraction of sp³-hybridized carbons (Fsp3) is 0.444. The van der Waals surface area contributed by atoms with Crippen LogP contribution in [-0.4, -0.2) is 64.4 Å². The number of hydrogen-bond acceptors (Lipinski definition) is 6. The zero-order valence-corrected chi connectivity index (χ0v) is 17.8. The van der Waals surface area contributed by atoms with Gasteiger partial charge >= 0.3 is 6.18 Å². The van der Waals surface area contributed by atoms with Gasteiger partial charge in [-0.3, -0.25) is 4.79 Å². The van der Waals surface area contributed by atoms with Gasteiger partial charge in [0.1, 0.15) is 22.9 Å². The average Bonchev–Trinajstić information content (AvgIpc) is 3.17. The van der Waals surface area contributed by atoms with Crippen LogP contribution in [0.4, 0.5) is 23.2 Å². The number of aryl methyl sites for hydroxylation is 1. The van der Waals surface area contributed by atoms with E-state index in [2.05, 4.69) is 4.98 Å². The molecule has 1 aliphatic rings. The van der Waals surface area contributed by atoms with Crippen molar-refractivity contribution in [3.63, 3.8) is 0 Å². The number of oxazole rings is 1. The summed E-state index contributed by atoms with van der Waals surface area (Å²) in [5.41, 5.74) is 0.693. The smallest absolute Gasteiger partial charge is 0.398 e. The molecule has 1 aliphatic heterocycles. The lowest BCUT2D eigenvalue weighted by Gasteiger charge is -2.36. The van der Waals surface area contributed by atoms with E-state index in [1.807, 2.05) is 0 Å². The van der Waals surface area contributed by atoms with E-state index in [9.17, 15) is 26.6 Å². The summed E-state index contributed by atoms with van der Waals surface area (Å²) in [6.45, 7) is 2.72. The summed E-state index contributed by atoms with van der Waals surface area (Å²) in [5, 5.41) is -0.0393. The molecular weight excluding hydrogens is 446 g/mol. The Morgan fingerprint density at radius 1 is 1.27 bits per heavy atom. The summed E-state index contributed by atoms with van der Waals surface area (Å²) in [6.07, 6.45) is -1.78. The number of amides is 1. The quantitative estimate of drug-likeness (QED) is 0.498. The minimum Gasteiger partial charge on any atom is -0.437 e. The van der Waals surface area contributed by atoms with Gasteiger partial charge in [-0.15, -0.1) is 11.8 Å². The molecule has 0 saturated carbocycles. The van der Waals surface area contributed by atoms with Crippen molar-refractivity contribution in [1.29, 1.82) is 0 Å². The Kier molecular flexibility index (Phi) is 6.75. The van der Waals surface area contributed by atoms with Crippen molar-refractivity contribution in [2.45, 2.75) is 23.2 Å². The molecule has 0 aliphatic carbocycles. The van der Waals surface area contributed by atoms with Crippen LogP contribution in [0.3, 0.4) is 0 Å². The second-order valence-corrected chi connectivity index (χ2v) is 8.98. The number of anilines is 1. The number of rotatable bonds is 5. The van der Waals surface area contributed by atoms with Crippen molar-refractivity contribution in [2.24, 2.45) is 0 Å². The zero-order valence-electron chi connectivity index (χ0n) is 16.2. The lowest BCUT2D eigenvalue weighted by atomic mass is 10.1. The maximum Gasteiger partial charge on any atom is 0.398 e. The molecule has 0 bridgehead atoms. The number of alkyl halides is 3. The van der Waals surface area contributed by atoms with E-state index in [0.29, 0.717) is 35.3 Å². The van der Waals surface area contributed by atoms with E-state index in [-0.39, 0.29) is 35.6 Å². The number of benzene rings is 1. The van der Waals surface area contributed by atoms with Crippen LogP contribution in [-0.2, 0) is 10.8 Å². The molecule has 0 radical (unpaired) electrons. The Labute approximate surface area is 177 Å². The third kappa shape index (κ3) is 5.34. The molecule has 0 spiro atoms. The van der Waals surface area contributed by atoms with Crippen LogP contribution in [0.15, 0.2) is 32.9 Å². The van der Waals surface area contributed by atoms with Gasteiger partial charge in [0.25, 0.3) is 11.1 Å². The molecule has 30 heavy (non-hydrogen) atoms. The van der Waals surface area contributed by atoms with Crippen LogP contribution in [0, 0.1) is 12.7 Å². The largest absolute Gasteiger partial charge is 0.437 e. The van der Waals surface area contributed by atoms with Crippen molar-refractivity contribution in [1.82, 2.24) is 9.88 Å². The Balaban J connectivity index is 1.68. The number of aromatic nitrogens is 1. The van der Waals surface area contributed by atoms with Crippen LogP contribution < -0.4 is 4.90 Å². The summed E-state index contributed by atoms with van der Waals surface area (Å²) in [5.74, 6) is -1.96. The summed E-state index contributed by atoms with van der Waals surface area (Å²) in [7, 11) is -1.45.